The molecule has 4 rings (SSSR count). The van der Waals surface area contributed by atoms with Crippen LogP contribution in [-0.2, 0) is 4.74 Å². The van der Waals surface area contributed by atoms with Crippen molar-refractivity contribution >= 4 is 57.4 Å². The van der Waals surface area contributed by atoms with Crippen molar-refractivity contribution in [1.82, 2.24) is 20.2 Å². The van der Waals surface area contributed by atoms with Crippen LogP contribution in [0, 0.1) is 10.1 Å². The average Bonchev–Trinajstić information content (AvgIpc) is 3.14. The van der Waals surface area contributed by atoms with Crippen molar-refractivity contribution in [2.75, 3.05) is 26.3 Å². The molecule has 1 N–H and O–H groups in total. The zero-order valence-corrected chi connectivity index (χ0v) is 19.8. The molecule has 10 heteroatoms. The predicted octanol–water partition coefficient (Wildman–Crippen LogP) is 4.98. The Morgan fingerprint density at radius 1 is 1.16 bits per heavy atom. The van der Waals surface area contributed by atoms with Crippen molar-refractivity contribution in [3.8, 4) is 16.9 Å². The molecule has 1 amide bonds. The summed E-state index contributed by atoms with van der Waals surface area (Å²) in [7, 11) is 0. The summed E-state index contributed by atoms with van der Waals surface area (Å²) >= 11 is 14.7. The maximum absolute atomic E-state index is 13.0. The smallest absolute Gasteiger partial charge is 0.275 e. The molecule has 2 heterocycles. The highest BCUT2D eigenvalue weighted by Crippen LogP contribution is 2.38. The van der Waals surface area contributed by atoms with Gasteiger partial charge in [0.25, 0.3) is 5.91 Å². The molecule has 2 aromatic carbocycles. The Balaban J connectivity index is 1.85. The lowest BCUT2D eigenvalue weighted by Crippen LogP contribution is -2.48. The van der Waals surface area contributed by atoms with E-state index < -0.39 is 5.91 Å². The van der Waals surface area contributed by atoms with Crippen LogP contribution in [0.1, 0.15) is 10.5 Å². The standard InChI is InChI=1S/C21H16Cl2IN5O2/c1-25-18-19(21(30)27-28-8-10-31-11-9-28)26-29(17-7-4-14(22)12-16(17)23)20(18)13-2-5-15(24)6-3-13/h2-7,12H,8-11H2,(H,27,30). The Labute approximate surface area is 202 Å². The first kappa shape index (κ1) is 22.0. The van der Waals surface area contributed by atoms with Crippen LogP contribution in [0.15, 0.2) is 42.5 Å². The van der Waals surface area contributed by atoms with Gasteiger partial charge in [-0.25, -0.2) is 14.5 Å². The van der Waals surface area contributed by atoms with Crippen LogP contribution in [0.5, 0.6) is 0 Å². The monoisotopic (exact) mass is 567 g/mol. The molecule has 0 radical (unpaired) electrons. The Morgan fingerprint density at radius 3 is 2.52 bits per heavy atom. The molecule has 0 saturated carbocycles. The van der Waals surface area contributed by atoms with Gasteiger partial charge >= 0.3 is 0 Å². The quantitative estimate of drug-likeness (QED) is 0.357. The van der Waals surface area contributed by atoms with Gasteiger partial charge in [0.2, 0.25) is 5.69 Å². The van der Waals surface area contributed by atoms with Gasteiger partial charge in [-0.15, -0.1) is 0 Å². The molecule has 1 aliphatic heterocycles. The highest BCUT2D eigenvalue weighted by Gasteiger charge is 2.27. The molecular formula is C21H16Cl2IN5O2. The number of nitrogens with one attached hydrogen (secondary N) is 1. The zero-order valence-electron chi connectivity index (χ0n) is 16.1. The Morgan fingerprint density at radius 2 is 1.87 bits per heavy atom. The average molecular weight is 568 g/mol. The summed E-state index contributed by atoms with van der Waals surface area (Å²) in [6.45, 7) is 9.97. The van der Waals surface area contributed by atoms with Gasteiger partial charge in [0.1, 0.15) is 0 Å². The van der Waals surface area contributed by atoms with Crippen LogP contribution in [-0.4, -0.2) is 47.0 Å². The lowest BCUT2D eigenvalue weighted by atomic mass is 10.1. The Kier molecular flexibility index (Phi) is 6.79. The van der Waals surface area contributed by atoms with Crippen LogP contribution >= 0.6 is 45.8 Å². The molecule has 1 saturated heterocycles. The lowest BCUT2D eigenvalue weighted by molar-refractivity contribution is 0.0125. The molecule has 7 nitrogen and oxygen atoms in total. The number of carbonyl (C=O) groups is 1. The number of hydrogen-bond donors (Lipinski definition) is 1. The second kappa shape index (κ2) is 9.54. The highest BCUT2D eigenvalue weighted by atomic mass is 127. The van der Waals surface area contributed by atoms with Crippen molar-refractivity contribution in [2.24, 2.45) is 0 Å². The summed E-state index contributed by atoms with van der Waals surface area (Å²) in [6, 6.07) is 12.6. The largest absolute Gasteiger partial charge is 0.379 e. The maximum atomic E-state index is 13.0. The van der Waals surface area contributed by atoms with Gasteiger partial charge in [-0.2, -0.15) is 5.10 Å². The van der Waals surface area contributed by atoms with E-state index in [1.807, 2.05) is 24.3 Å². The lowest BCUT2D eigenvalue weighted by Gasteiger charge is -2.26. The molecule has 31 heavy (non-hydrogen) atoms. The Bertz CT molecular complexity index is 1170. The normalized spacial score (nSPS) is 14.3. The molecule has 1 aliphatic rings. The maximum Gasteiger partial charge on any atom is 0.275 e. The van der Waals surface area contributed by atoms with Gasteiger partial charge in [0, 0.05) is 21.7 Å². The van der Waals surface area contributed by atoms with E-state index in [1.165, 1.54) is 4.68 Å². The highest BCUT2D eigenvalue weighted by molar-refractivity contribution is 14.1. The number of benzene rings is 2. The number of ether oxygens (including phenoxy) is 1. The van der Waals surface area contributed by atoms with Crippen molar-refractivity contribution < 1.29 is 9.53 Å². The van der Waals surface area contributed by atoms with Crippen LogP contribution in [0.2, 0.25) is 10.0 Å². The molecule has 158 valence electrons. The van der Waals surface area contributed by atoms with Crippen molar-refractivity contribution in [1.29, 1.82) is 0 Å². The zero-order chi connectivity index (χ0) is 22.0. The molecule has 0 unspecified atom stereocenters. The number of carbonyl (C=O) groups excluding carboxylic acids is 1. The minimum absolute atomic E-state index is 0.0288. The first-order valence-corrected chi connectivity index (χ1v) is 11.2. The second-order valence-electron chi connectivity index (χ2n) is 6.71. The van der Waals surface area contributed by atoms with Gasteiger partial charge < -0.3 is 4.74 Å². The van der Waals surface area contributed by atoms with E-state index in [9.17, 15) is 4.79 Å². The van der Waals surface area contributed by atoms with Crippen LogP contribution in [0.4, 0.5) is 5.69 Å². The fraction of sp³-hybridized carbons (Fsp3) is 0.190. The minimum atomic E-state index is -0.455. The topological polar surface area (TPSA) is 63.8 Å². The Hall–Kier alpha value is -2.16. The molecule has 0 aliphatic carbocycles. The molecule has 3 aromatic rings. The number of aromatic nitrogens is 2. The van der Waals surface area contributed by atoms with E-state index in [2.05, 4.69) is 38.0 Å². The first-order valence-electron chi connectivity index (χ1n) is 9.33. The fourth-order valence-electron chi connectivity index (χ4n) is 3.23. The number of hydrazine groups is 1. The number of morpholine rings is 1. The summed E-state index contributed by atoms with van der Waals surface area (Å²) in [5.41, 5.74) is 4.76. The van der Waals surface area contributed by atoms with Gasteiger partial charge in [-0.3, -0.25) is 10.2 Å². The van der Waals surface area contributed by atoms with E-state index in [-0.39, 0.29) is 11.4 Å². The van der Waals surface area contributed by atoms with E-state index >= 15 is 0 Å². The van der Waals surface area contributed by atoms with Gasteiger partial charge in [-0.05, 0) is 58.5 Å². The number of hydrogen-bond acceptors (Lipinski definition) is 4. The summed E-state index contributed by atoms with van der Waals surface area (Å²) < 4.78 is 7.89. The van der Waals surface area contributed by atoms with E-state index in [0.717, 1.165) is 9.13 Å². The third-order valence-corrected chi connectivity index (χ3v) is 5.97. The molecule has 1 fully saturated rings. The first-order chi connectivity index (χ1) is 15.0. The van der Waals surface area contributed by atoms with E-state index in [4.69, 9.17) is 34.5 Å². The number of rotatable bonds is 4. The van der Waals surface area contributed by atoms with Crippen LogP contribution in [0.25, 0.3) is 21.8 Å². The SMILES string of the molecule is [C-]#[N+]c1c(C(=O)NN2CCOCC2)nn(-c2ccc(Cl)cc2Cl)c1-c1ccc(I)cc1. The molecule has 0 bridgehead atoms. The predicted molar refractivity (Wildman–Crippen MR) is 128 cm³/mol. The van der Waals surface area contributed by atoms with E-state index in [0.29, 0.717) is 47.7 Å². The minimum Gasteiger partial charge on any atom is -0.379 e. The number of nitrogens with zero attached hydrogens (tertiary/aromatic N) is 4. The molecule has 0 atom stereocenters. The third kappa shape index (κ3) is 4.71. The molecular weight excluding hydrogens is 552 g/mol. The summed E-state index contributed by atoms with van der Waals surface area (Å²) in [5.74, 6) is -0.455. The number of halogens is 3. The second-order valence-corrected chi connectivity index (χ2v) is 8.80. The molecule has 1 aromatic heterocycles. The van der Waals surface area contributed by atoms with Crippen LogP contribution in [0.3, 0.4) is 0 Å². The summed E-state index contributed by atoms with van der Waals surface area (Å²) in [5, 5.41) is 7.11. The number of amides is 1. The van der Waals surface area contributed by atoms with Gasteiger partial charge in [0.15, 0.2) is 5.69 Å². The molecule has 0 spiro atoms. The van der Waals surface area contributed by atoms with E-state index in [1.54, 1.807) is 23.2 Å². The fourth-order valence-corrected chi connectivity index (χ4v) is 4.08. The third-order valence-electron chi connectivity index (χ3n) is 4.71. The summed E-state index contributed by atoms with van der Waals surface area (Å²) in [4.78, 5) is 16.7. The van der Waals surface area contributed by atoms with Crippen molar-refractivity contribution in [2.45, 2.75) is 0 Å². The van der Waals surface area contributed by atoms with Gasteiger partial charge in [-0.1, -0.05) is 35.3 Å². The summed E-state index contributed by atoms with van der Waals surface area (Å²) in [6.07, 6.45) is 0. The van der Waals surface area contributed by atoms with Crippen molar-refractivity contribution in [3.63, 3.8) is 0 Å². The van der Waals surface area contributed by atoms with Gasteiger partial charge in [0.05, 0.1) is 36.2 Å². The van der Waals surface area contributed by atoms with Crippen molar-refractivity contribution in [3.05, 3.63) is 73.2 Å². The van der Waals surface area contributed by atoms with Crippen LogP contribution < -0.4 is 5.43 Å².